The van der Waals surface area contributed by atoms with Crippen LogP contribution < -0.4 is 0 Å². The second-order valence-electron chi connectivity index (χ2n) is 4.06. The summed E-state index contributed by atoms with van der Waals surface area (Å²) in [4.78, 5) is 4.36. The van der Waals surface area contributed by atoms with E-state index < -0.39 is 0 Å². The van der Waals surface area contributed by atoms with Gasteiger partial charge < -0.3 is 9.63 Å². The van der Waals surface area contributed by atoms with Crippen molar-refractivity contribution >= 4 is 27.3 Å². The van der Waals surface area contributed by atoms with Crippen molar-refractivity contribution in [3.63, 3.8) is 0 Å². The molecule has 0 spiro atoms. The highest BCUT2D eigenvalue weighted by atomic mass is 79.9. The summed E-state index contributed by atoms with van der Waals surface area (Å²) in [5.41, 5.74) is 2.78. The highest BCUT2D eigenvalue weighted by molar-refractivity contribution is 9.10. The number of nitrogens with zero attached hydrogens (tertiary/aromatic N) is 2. The first-order valence-corrected chi connectivity index (χ1v) is 7.24. The second kappa shape index (κ2) is 4.79. The number of rotatable bonds is 2. The molecule has 1 aromatic carbocycles. The summed E-state index contributed by atoms with van der Waals surface area (Å²) in [5, 5.41) is 17.7. The quantitative estimate of drug-likeness (QED) is 0.760. The molecule has 0 saturated carbocycles. The van der Waals surface area contributed by atoms with Gasteiger partial charge in [-0.15, -0.1) is 0 Å². The van der Waals surface area contributed by atoms with Crippen molar-refractivity contribution in [2.24, 2.45) is 0 Å². The first-order chi connectivity index (χ1) is 9.15. The number of phenols is 1. The Morgan fingerprint density at radius 2 is 2.16 bits per heavy atom. The van der Waals surface area contributed by atoms with E-state index in [0.717, 1.165) is 11.1 Å². The van der Waals surface area contributed by atoms with E-state index >= 15 is 0 Å². The van der Waals surface area contributed by atoms with Gasteiger partial charge in [0.1, 0.15) is 5.75 Å². The van der Waals surface area contributed by atoms with Gasteiger partial charge in [0.05, 0.1) is 4.47 Å². The number of hydrogen-bond acceptors (Lipinski definition) is 5. The molecule has 19 heavy (non-hydrogen) atoms. The second-order valence-corrected chi connectivity index (χ2v) is 5.66. The van der Waals surface area contributed by atoms with Crippen LogP contribution >= 0.6 is 27.3 Å². The molecule has 0 atom stereocenters. The van der Waals surface area contributed by atoms with Gasteiger partial charge in [0.2, 0.25) is 5.82 Å². The maximum absolute atomic E-state index is 9.66. The molecule has 0 bridgehead atoms. The largest absolute Gasteiger partial charge is 0.507 e. The Kier molecular flexibility index (Phi) is 3.12. The summed E-state index contributed by atoms with van der Waals surface area (Å²) in [7, 11) is 0. The van der Waals surface area contributed by atoms with E-state index in [0.29, 0.717) is 21.8 Å². The molecule has 0 aliphatic rings. The van der Waals surface area contributed by atoms with E-state index in [1.807, 2.05) is 23.8 Å². The number of aromatic hydroxyl groups is 1. The molecule has 1 N–H and O–H groups in total. The summed E-state index contributed by atoms with van der Waals surface area (Å²) < 4.78 is 5.87. The molecule has 3 rings (SSSR count). The minimum atomic E-state index is 0.143. The Morgan fingerprint density at radius 3 is 2.84 bits per heavy atom. The van der Waals surface area contributed by atoms with Gasteiger partial charge in [0.25, 0.3) is 5.89 Å². The summed E-state index contributed by atoms with van der Waals surface area (Å²) in [5.74, 6) is 1.10. The smallest absolute Gasteiger partial charge is 0.258 e. The molecule has 0 radical (unpaired) electrons. The molecule has 4 nitrogen and oxygen atoms in total. The zero-order valence-electron chi connectivity index (χ0n) is 9.92. The van der Waals surface area contributed by atoms with Crippen LogP contribution in [0, 0.1) is 6.92 Å². The maximum Gasteiger partial charge on any atom is 0.258 e. The van der Waals surface area contributed by atoms with Crippen LogP contribution in [0.3, 0.4) is 0 Å². The van der Waals surface area contributed by atoms with Crippen LogP contribution in [0.25, 0.3) is 22.8 Å². The molecule has 96 valence electrons. The third-order valence-corrected chi connectivity index (χ3v) is 4.25. The SMILES string of the molecule is Cc1cscc1-c1noc(-c2ccc(Br)c(O)c2)n1. The Balaban J connectivity index is 2.01. The van der Waals surface area contributed by atoms with Crippen molar-refractivity contribution in [3.05, 3.63) is 39.0 Å². The molecule has 0 unspecified atom stereocenters. The Morgan fingerprint density at radius 1 is 1.32 bits per heavy atom. The van der Waals surface area contributed by atoms with Crippen LogP contribution in [0.5, 0.6) is 5.75 Å². The summed E-state index contributed by atoms with van der Waals surface area (Å²) in [6.07, 6.45) is 0. The van der Waals surface area contributed by atoms with Crippen LogP contribution in [0.2, 0.25) is 0 Å². The maximum atomic E-state index is 9.66. The fourth-order valence-corrected chi connectivity index (χ4v) is 2.76. The standard InChI is InChI=1S/C13H9BrN2O2S/c1-7-5-19-6-9(7)12-15-13(18-16-12)8-2-3-10(14)11(17)4-8/h2-6,17H,1H3. The molecule has 6 heteroatoms. The number of phenolic OH excluding ortho intramolecular Hbond substituents is 1. The average molecular weight is 337 g/mol. The molecule has 2 heterocycles. The minimum absolute atomic E-state index is 0.143. The molecule has 0 saturated heterocycles. The van der Waals surface area contributed by atoms with Crippen molar-refractivity contribution < 1.29 is 9.63 Å². The van der Waals surface area contributed by atoms with E-state index in [4.69, 9.17) is 4.52 Å². The predicted molar refractivity (Wildman–Crippen MR) is 77.1 cm³/mol. The van der Waals surface area contributed by atoms with Gasteiger partial charge in [0.15, 0.2) is 0 Å². The highest BCUT2D eigenvalue weighted by Crippen LogP contribution is 2.31. The number of aromatic nitrogens is 2. The van der Waals surface area contributed by atoms with E-state index in [2.05, 4.69) is 26.1 Å². The van der Waals surface area contributed by atoms with E-state index in [1.54, 1.807) is 23.5 Å². The first-order valence-electron chi connectivity index (χ1n) is 5.51. The van der Waals surface area contributed by atoms with Crippen LogP contribution in [0.4, 0.5) is 0 Å². The first kappa shape index (κ1) is 12.4. The van der Waals surface area contributed by atoms with Gasteiger partial charge in [-0.3, -0.25) is 0 Å². The monoisotopic (exact) mass is 336 g/mol. The normalized spacial score (nSPS) is 10.8. The van der Waals surface area contributed by atoms with Gasteiger partial charge in [-0.05, 0) is 52.0 Å². The van der Waals surface area contributed by atoms with Crippen molar-refractivity contribution in [2.45, 2.75) is 6.92 Å². The number of aryl methyl sites for hydroxylation is 1. The lowest BCUT2D eigenvalue weighted by Crippen LogP contribution is -1.81. The molecular formula is C13H9BrN2O2S. The molecular weight excluding hydrogens is 328 g/mol. The Labute approximate surface area is 121 Å². The van der Waals surface area contributed by atoms with Crippen molar-refractivity contribution in [3.8, 4) is 28.6 Å². The van der Waals surface area contributed by atoms with E-state index in [9.17, 15) is 5.11 Å². The number of halogens is 1. The van der Waals surface area contributed by atoms with Crippen LogP contribution in [0.15, 0.2) is 38.0 Å². The summed E-state index contributed by atoms with van der Waals surface area (Å²) in [6, 6.07) is 5.13. The van der Waals surface area contributed by atoms with Crippen molar-refractivity contribution in [1.29, 1.82) is 0 Å². The molecule has 2 aromatic heterocycles. The van der Waals surface area contributed by atoms with E-state index in [1.165, 1.54) is 0 Å². The van der Waals surface area contributed by atoms with E-state index in [-0.39, 0.29) is 5.75 Å². The average Bonchev–Trinajstić information content (AvgIpc) is 3.01. The fourth-order valence-electron chi connectivity index (χ4n) is 1.69. The lowest BCUT2D eigenvalue weighted by Gasteiger charge is -1.98. The predicted octanol–water partition coefficient (Wildman–Crippen LogP) is 4.24. The van der Waals surface area contributed by atoms with Crippen LogP contribution in [-0.2, 0) is 0 Å². The molecule has 0 aliphatic heterocycles. The molecule has 3 aromatic rings. The lowest BCUT2D eigenvalue weighted by atomic mass is 10.2. The third-order valence-electron chi connectivity index (χ3n) is 2.72. The number of benzene rings is 1. The topological polar surface area (TPSA) is 59.2 Å². The Bertz CT molecular complexity index is 736. The lowest BCUT2D eigenvalue weighted by molar-refractivity contribution is 0.431. The number of thiophene rings is 1. The summed E-state index contributed by atoms with van der Waals surface area (Å²) in [6.45, 7) is 2.01. The third kappa shape index (κ3) is 2.29. The van der Waals surface area contributed by atoms with Gasteiger partial charge in [-0.2, -0.15) is 16.3 Å². The zero-order valence-corrected chi connectivity index (χ0v) is 12.3. The summed E-state index contributed by atoms with van der Waals surface area (Å²) >= 11 is 4.84. The molecule has 0 aliphatic carbocycles. The van der Waals surface area contributed by atoms with Crippen molar-refractivity contribution in [2.75, 3.05) is 0 Å². The highest BCUT2D eigenvalue weighted by Gasteiger charge is 2.13. The molecule has 0 amide bonds. The van der Waals surface area contributed by atoms with Crippen LogP contribution in [-0.4, -0.2) is 15.2 Å². The zero-order chi connectivity index (χ0) is 13.4. The number of hydrogen-bond donors (Lipinski definition) is 1. The van der Waals surface area contributed by atoms with Gasteiger partial charge in [-0.1, -0.05) is 5.16 Å². The minimum Gasteiger partial charge on any atom is -0.507 e. The van der Waals surface area contributed by atoms with Crippen molar-refractivity contribution in [1.82, 2.24) is 10.1 Å². The fraction of sp³-hybridized carbons (Fsp3) is 0.0769. The molecule has 0 fully saturated rings. The van der Waals surface area contributed by atoms with Gasteiger partial charge in [-0.25, -0.2) is 0 Å². The van der Waals surface area contributed by atoms with Gasteiger partial charge in [0, 0.05) is 16.5 Å². The van der Waals surface area contributed by atoms with Gasteiger partial charge >= 0.3 is 0 Å². The van der Waals surface area contributed by atoms with Crippen LogP contribution in [0.1, 0.15) is 5.56 Å². The Hall–Kier alpha value is -1.66.